The lowest BCUT2D eigenvalue weighted by molar-refractivity contribution is 0.0635. The third kappa shape index (κ3) is 5.93. The summed E-state index contributed by atoms with van der Waals surface area (Å²) in [5.41, 5.74) is 0.620. The summed E-state index contributed by atoms with van der Waals surface area (Å²) in [7, 11) is 0. The van der Waals surface area contributed by atoms with Crippen LogP contribution in [0.25, 0.3) is 0 Å². The van der Waals surface area contributed by atoms with Crippen LogP contribution in [0, 0.1) is 0 Å². The molecule has 20 heavy (non-hydrogen) atoms. The van der Waals surface area contributed by atoms with Crippen LogP contribution < -0.4 is 5.32 Å². The number of amides is 1. The molecule has 0 fully saturated rings. The van der Waals surface area contributed by atoms with Gasteiger partial charge in [0, 0.05) is 0 Å². The Morgan fingerprint density at radius 2 is 2.05 bits per heavy atom. The van der Waals surface area contributed by atoms with Crippen LogP contribution in [-0.2, 0) is 11.2 Å². The summed E-state index contributed by atoms with van der Waals surface area (Å²) in [6, 6.07) is 5.00. The molecular weight excluding hydrogens is 258 g/mol. The predicted molar refractivity (Wildman–Crippen MR) is 78.0 cm³/mol. The van der Waals surface area contributed by atoms with Gasteiger partial charge in [-0.2, -0.15) is 0 Å². The van der Waals surface area contributed by atoms with Crippen molar-refractivity contribution in [2.45, 2.75) is 52.2 Å². The number of benzene rings is 1. The highest BCUT2D eigenvalue weighted by molar-refractivity contribution is 5.86. The first kappa shape index (κ1) is 16.3. The number of carbonyl (C=O) groups excluding carboxylic acids is 1. The molecule has 1 rings (SSSR count). The molecule has 0 aliphatic heterocycles. The number of nitrogens with one attached hydrogen (secondary N) is 1. The van der Waals surface area contributed by atoms with Gasteiger partial charge in [0.25, 0.3) is 0 Å². The van der Waals surface area contributed by atoms with E-state index in [4.69, 9.17) is 4.74 Å². The van der Waals surface area contributed by atoms with E-state index in [1.807, 2.05) is 0 Å². The molecule has 0 aromatic heterocycles. The average Bonchev–Trinajstić information content (AvgIpc) is 2.27. The summed E-state index contributed by atoms with van der Waals surface area (Å²) in [4.78, 5) is 11.6. The number of aliphatic hydroxyl groups excluding tert-OH is 1. The molecule has 1 aromatic rings. The third-order valence-electron chi connectivity index (χ3n) is 2.55. The highest BCUT2D eigenvalue weighted by Crippen LogP contribution is 2.25. The zero-order chi connectivity index (χ0) is 15.3. The molecule has 5 nitrogen and oxygen atoms in total. The summed E-state index contributed by atoms with van der Waals surface area (Å²) in [6.07, 6.45) is 0.303. The van der Waals surface area contributed by atoms with Gasteiger partial charge in [-0.25, -0.2) is 4.79 Å². The van der Waals surface area contributed by atoms with E-state index in [0.29, 0.717) is 18.5 Å². The number of aliphatic hydroxyl groups is 1. The number of rotatable bonds is 4. The molecule has 0 aliphatic carbocycles. The van der Waals surface area contributed by atoms with Crippen LogP contribution in [0.2, 0.25) is 0 Å². The summed E-state index contributed by atoms with van der Waals surface area (Å²) < 4.78 is 5.11. The topological polar surface area (TPSA) is 78.8 Å². The van der Waals surface area contributed by atoms with Gasteiger partial charge >= 0.3 is 6.09 Å². The first-order chi connectivity index (χ1) is 9.17. The first-order valence-corrected chi connectivity index (χ1v) is 6.67. The Morgan fingerprint density at radius 3 is 2.55 bits per heavy atom. The number of aryl methyl sites for hydroxylation is 1. The van der Waals surface area contributed by atoms with Gasteiger partial charge in [0.05, 0.1) is 11.8 Å². The van der Waals surface area contributed by atoms with E-state index >= 15 is 0 Å². The standard InChI is InChI=1S/C15H23NO4/c1-10(17)5-6-11-7-8-12(13(18)9-11)16-14(19)20-15(2,3)4/h7-10,17-18H,5-6H2,1-4H3,(H,16,19)/t10-/m0/s1. The minimum Gasteiger partial charge on any atom is -0.506 e. The Bertz CT molecular complexity index is 463. The molecule has 1 amide bonds. The summed E-state index contributed by atoms with van der Waals surface area (Å²) in [5.74, 6) is -0.0149. The second-order valence-electron chi connectivity index (χ2n) is 5.87. The van der Waals surface area contributed by atoms with E-state index in [0.717, 1.165) is 5.56 Å². The highest BCUT2D eigenvalue weighted by atomic mass is 16.6. The lowest BCUT2D eigenvalue weighted by Crippen LogP contribution is -2.27. The molecule has 0 bridgehead atoms. The smallest absolute Gasteiger partial charge is 0.412 e. The second-order valence-corrected chi connectivity index (χ2v) is 5.87. The van der Waals surface area contributed by atoms with Crippen molar-refractivity contribution in [2.24, 2.45) is 0 Å². The maximum Gasteiger partial charge on any atom is 0.412 e. The van der Waals surface area contributed by atoms with Gasteiger partial charge in [-0.1, -0.05) is 6.07 Å². The fourth-order valence-electron chi connectivity index (χ4n) is 1.63. The van der Waals surface area contributed by atoms with Gasteiger partial charge < -0.3 is 14.9 Å². The molecule has 1 atom stereocenters. The molecule has 0 aliphatic rings. The van der Waals surface area contributed by atoms with E-state index in [1.54, 1.807) is 45.9 Å². The molecule has 0 saturated carbocycles. The van der Waals surface area contributed by atoms with Crippen LogP contribution in [-0.4, -0.2) is 28.0 Å². The van der Waals surface area contributed by atoms with E-state index in [-0.39, 0.29) is 11.9 Å². The Morgan fingerprint density at radius 1 is 1.40 bits per heavy atom. The zero-order valence-electron chi connectivity index (χ0n) is 12.4. The Balaban J connectivity index is 2.66. The van der Waals surface area contributed by atoms with Crippen LogP contribution >= 0.6 is 0 Å². The maximum atomic E-state index is 11.6. The fourth-order valence-corrected chi connectivity index (χ4v) is 1.63. The van der Waals surface area contributed by atoms with E-state index in [2.05, 4.69) is 5.32 Å². The van der Waals surface area contributed by atoms with Crippen LogP contribution in [0.15, 0.2) is 18.2 Å². The molecule has 0 heterocycles. The first-order valence-electron chi connectivity index (χ1n) is 6.67. The van der Waals surface area contributed by atoms with Crippen molar-refractivity contribution in [3.05, 3.63) is 23.8 Å². The van der Waals surface area contributed by atoms with Crippen molar-refractivity contribution in [3.8, 4) is 5.75 Å². The third-order valence-corrected chi connectivity index (χ3v) is 2.55. The van der Waals surface area contributed by atoms with Crippen LogP contribution in [0.5, 0.6) is 5.75 Å². The van der Waals surface area contributed by atoms with Crippen molar-refractivity contribution in [1.82, 2.24) is 0 Å². The number of ether oxygens (including phenoxy) is 1. The lowest BCUT2D eigenvalue weighted by Gasteiger charge is -2.20. The van der Waals surface area contributed by atoms with Crippen molar-refractivity contribution >= 4 is 11.8 Å². The van der Waals surface area contributed by atoms with E-state index in [9.17, 15) is 15.0 Å². The van der Waals surface area contributed by atoms with Crippen molar-refractivity contribution in [3.63, 3.8) is 0 Å². The minimum absolute atomic E-state index is 0.0149. The average molecular weight is 281 g/mol. The van der Waals surface area contributed by atoms with Gasteiger partial charge in [0.15, 0.2) is 0 Å². The predicted octanol–water partition coefficient (Wildman–Crippen LogP) is 3.05. The number of hydrogen-bond donors (Lipinski definition) is 3. The van der Waals surface area contributed by atoms with Gasteiger partial charge in [-0.05, 0) is 58.2 Å². The Labute approximate surface area is 119 Å². The second kappa shape index (κ2) is 6.61. The molecule has 0 spiro atoms. The highest BCUT2D eigenvalue weighted by Gasteiger charge is 2.17. The van der Waals surface area contributed by atoms with Crippen LogP contribution in [0.3, 0.4) is 0 Å². The Kier molecular flexibility index (Phi) is 5.39. The molecule has 0 saturated heterocycles. The van der Waals surface area contributed by atoms with E-state index in [1.165, 1.54) is 0 Å². The lowest BCUT2D eigenvalue weighted by atomic mass is 10.1. The SMILES string of the molecule is C[C@H](O)CCc1ccc(NC(=O)OC(C)(C)C)c(O)c1. The summed E-state index contributed by atoms with van der Waals surface area (Å²) >= 11 is 0. The van der Waals surface area contributed by atoms with Gasteiger partial charge in [0.2, 0.25) is 0 Å². The van der Waals surface area contributed by atoms with Crippen molar-refractivity contribution in [2.75, 3.05) is 5.32 Å². The van der Waals surface area contributed by atoms with Crippen LogP contribution in [0.1, 0.15) is 39.7 Å². The molecule has 0 unspecified atom stereocenters. The zero-order valence-corrected chi connectivity index (χ0v) is 12.4. The normalized spacial score (nSPS) is 12.8. The summed E-state index contributed by atoms with van der Waals surface area (Å²) in [5, 5.41) is 21.6. The number of phenols is 1. The quantitative estimate of drug-likeness (QED) is 0.741. The molecule has 112 valence electrons. The monoisotopic (exact) mass is 281 g/mol. The summed E-state index contributed by atoms with van der Waals surface area (Å²) in [6.45, 7) is 7.03. The largest absolute Gasteiger partial charge is 0.506 e. The molecule has 1 aromatic carbocycles. The van der Waals surface area contributed by atoms with Crippen LogP contribution in [0.4, 0.5) is 10.5 Å². The fraction of sp³-hybridized carbons (Fsp3) is 0.533. The number of anilines is 1. The number of carbonyl (C=O) groups is 1. The van der Waals surface area contributed by atoms with Gasteiger partial charge in [0.1, 0.15) is 11.4 Å². The number of hydrogen-bond acceptors (Lipinski definition) is 4. The van der Waals surface area contributed by atoms with Crippen molar-refractivity contribution in [1.29, 1.82) is 0 Å². The number of aromatic hydroxyl groups is 1. The van der Waals surface area contributed by atoms with Crippen molar-refractivity contribution < 1.29 is 19.7 Å². The molecular formula is C15H23NO4. The van der Waals surface area contributed by atoms with E-state index < -0.39 is 11.7 Å². The molecule has 0 radical (unpaired) electrons. The molecule has 3 N–H and O–H groups in total. The Hall–Kier alpha value is -1.75. The maximum absolute atomic E-state index is 11.6. The minimum atomic E-state index is -0.607. The number of phenolic OH excluding ortho intramolecular Hbond substituents is 1. The van der Waals surface area contributed by atoms with Gasteiger partial charge in [-0.3, -0.25) is 5.32 Å². The van der Waals surface area contributed by atoms with Gasteiger partial charge in [-0.15, -0.1) is 0 Å². The molecule has 5 heteroatoms.